The quantitative estimate of drug-likeness (QED) is 0.852. The predicted octanol–water partition coefficient (Wildman–Crippen LogP) is 2.05. The fourth-order valence-corrected chi connectivity index (χ4v) is 4.38. The van der Waals surface area contributed by atoms with Crippen LogP contribution in [0.5, 0.6) is 0 Å². The minimum Gasteiger partial charge on any atom is -0.347 e. The summed E-state index contributed by atoms with van der Waals surface area (Å²) in [6.07, 6.45) is 1.30. The van der Waals surface area contributed by atoms with Crippen molar-refractivity contribution in [3.63, 3.8) is 0 Å². The molecule has 0 aliphatic carbocycles. The van der Waals surface area contributed by atoms with Crippen LogP contribution >= 0.6 is 0 Å². The molecular formula is C16H24N2O3S. The summed E-state index contributed by atoms with van der Waals surface area (Å²) in [5.74, 6) is 0.200. The topological polar surface area (TPSA) is 57.7 Å². The van der Waals surface area contributed by atoms with Gasteiger partial charge in [-0.15, -0.1) is 0 Å². The Morgan fingerprint density at radius 3 is 2.32 bits per heavy atom. The Morgan fingerprint density at radius 2 is 1.82 bits per heavy atom. The number of rotatable bonds is 4. The van der Waals surface area contributed by atoms with Crippen molar-refractivity contribution in [1.82, 2.24) is 9.21 Å². The summed E-state index contributed by atoms with van der Waals surface area (Å²) >= 11 is 0. The standard InChI is InChI=1S/C16H24N2O3S/c1-12(2)13-7-9-14(10-8-13)22(20,21)18-11-5-6-15(18)16(19)17(3)4/h7-10,12,15H,5-6,11H2,1-4H3. The highest BCUT2D eigenvalue weighted by Gasteiger charge is 2.39. The Hall–Kier alpha value is -1.40. The third-order valence-electron chi connectivity index (χ3n) is 4.08. The summed E-state index contributed by atoms with van der Waals surface area (Å²) in [4.78, 5) is 13.9. The van der Waals surface area contributed by atoms with E-state index in [1.807, 2.05) is 12.1 Å². The van der Waals surface area contributed by atoms with E-state index >= 15 is 0 Å². The molecule has 1 atom stereocenters. The summed E-state index contributed by atoms with van der Waals surface area (Å²) in [7, 11) is -0.312. The number of benzene rings is 1. The van der Waals surface area contributed by atoms with Crippen LogP contribution in [0.1, 0.15) is 38.2 Å². The van der Waals surface area contributed by atoms with Crippen LogP contribution in [0.25, 0.3) is 0 Å². The lowest BCUT2D eigenvalue weighted by molar-refractivity contribution is -0.132. The molecule has 2 rings (SSSR count). The van der Waals surface area contributed by atoms with Crippen LogP contribution in [-0.2, 0) is 14.8 Å². The smallest absolute Gasteiger partial charge is 0.243 e. The van der Waals surface area contributed by atoms with E-state index in [4.69, 9.17) is 0 Å². The van der Waals surface area contributed by atoms with Gasteiger partial charge in [-0.05, 0) is 36.5 Å². The minimum absolute atomic E-state index is 0.153. The van der Waals surface area contributed by atoms with E-state index in [0.717, 1.165) is 5.56 Å². The number of nitrogens with zero attached hydrogens (tertiary/aromatic N) is 2. The van der Waals surface area contributed by atoms with Crippen LogP contribution < -0.4 is 0 Å². The van der Waals surface area contributed by atoms with Gasteiger partial charge in [-0.25, -0.2) is 8.42 Å². The Morgan fingerprint density at radius 1 is 1.23 bits per heavy atom. The van der Waals surface area contributed by atoms with Crippen LogP contribution in [0.15, 0.2) is 29.2 Å². The molecule has 0 radical (unpaired) electrons. The van der Waals surface area contributed by atoms with Crippen molar-refractivity contribution in [2.45, 2.75) is 43.5 Å². The van der Waals surface area contributed by atoms with E-state index in [1.54, 1.807) is 26.2 Å². The van der Waals surface area contributed by atoms with Crippen molar-refractivity contribution in [3.05, 3.63) is 29.8 Å². The fraction of sp³-hybridized carbons (Fsp3) is 0.562. The number of sulfonamides is 1. The van der Waals surface area contributed by atoms with Gasteiger partial charge in [0.1, 0.15) is 6.04 Å². The molecule has 1 fully saturated rings. The van der Waals surface area contributed by atoms with Crippen molar-refractivity contribution in [2.24, 2.45) is 0 Å². The zero-order valence-electron chi connectivity index (χ0n) is 13.6. The third-order valence-corrected chi connectivity index (χ3v) is 6.01. The van der Waals surface area contributed by atoms with Crippen molar-refractivity contribution < 1.29 is 13.2 Å². The van der Waals surface area contributed by atoms with Gasteiger partial charge in [-0.1, -0.05) is 26.0 Å². The molecule has 1 unspecified atom stereocenters. The number of carbonyl (C=O) groups excluding carboxylic acids is 1. The molecule has 1 aromatic carbocycles. The number of carbonyl (C=O) groups is 1. The highest BCUT2D eigenvalue weighted by molar-refractivity contribution is 7.89. The van der Waals surface area contributed by atoms with Gasteiger partial charge in [-0.3, -0.25) is 4.79 Å². The summed E-state index contributed by atoms with van der Waals surface area (Å²) in [5.41, 5.74) is 1.10. The van der Waals surface area contributed by atoms with Gasteiger partial charge in [0.15, 0.2) is 0 Å². The number of hydrogen-bond acceptors (Lipinski definition) is 3. The second-order valence-electron chi connectivity index (χ2n) is 6.23. The summed E-state index contributed by atoms with van der Waals surface area (Å²) in [6.45, 7) is 4.53. The van der Waals surface area contributed by atoms with Gasteiger partial charge < -0.3 is 4.90 Å². The van der Waals surface area contributed by atoms with Crippen LogP contribution in [0, 0.1) is 0 Å². The Labute approximate surface area is 133 Å². The zero-order valence-corrected chi connectivity index (χ0v) is 14.4. The molecule has 5 nitrogen and oxygen atoms in total. The Balaban J connectivity index is 2.31. The first-order valence-corrected chi connectivity index (χ1v) is 9.02. The molecule has 1 heterocycles. The normalized spacial score (nSPS) is 19.6. The second-order valence-corrected chi connectivity index (χ2v) is 8.12. The Kier molecular flexibility index (Phi) is 4.92. The highest BCUT2D eigenvalue weighted by Crippen LogP contribution is 2.27. The van der Waals surface area contributed by atoms with Crippen LogP contribution in [0.2, 0.25) is 0 Å². The molecule has 22 heavy (non-hydrogen) atoms. The van der Waals surface area contributed by atoms with E-state index in [2.05, 4.69) is 13.8 Å². The maximum absolute atomic E-state index is 12.8. The van der Waals surface area contributed by atoms with Gasteiger partial charge in [0.2, 0.25) is 15.9 Å². The lowest BCUT2D eigenvalue weighted by Crippen LogP contribution is -2.45. The molecule has 1 aromatic rings. The van der Waals surface area contributed by atoms with Crippen LogP contribution in [-0.4, -0.2) is 50.2 Å². The molecule has 0 N–H and O–H groups in total. The molecule has 0 aromatic heterocycles. The molecule has 0 saturated carbocycles. The van der Waals surface area contributed by atoms with E-state index in [0.29, 0.717) is 25.3 Å². The molecule has 1 amide bonds. The monoisotopic (exact) mass is 324 g/mol. The van der Waals surface area contributed by atoms with Crippen molar-refractivity contribution in [1.29, 1.82) is 0 Å². The van der Waals surface area contributed by atoms with Crippen LogP contribution in [0.4, 0.5) is 0 Å². The fourth-order valence-electron chi connectivity index (χ4n) is 2.73. The number of hydrogen-bond donors (Lipinski definition) is 0. The van der Waals surface area contributed by atoms with Gasteiger partial charge >= 0.3 is 0 Å². The lowest BCUT2D eigenvalue weighted by Gasteiger charge is -2.25. The van der Waals surface area contributed by atoms with Crippen molar-refractivity contribution in [3.8, 4) is 0 Å². The van der Waals surface area contributed by atoms with Gasteiger partial charge in [0.05, 0.1) is 4.90 Å². The van der Waals surface area contributed by atoms with Crippen molar-refractivity contribution in [2.75, 3.05) is 20.6 Å². The van der Waals surface area contributed by atoms with E-state index in [9.17, 15) is 13.2 Å². The zero-order chi connectivity index (χ0) is 16.5. The first-order valence-electron chi connectivity index (χ1n) is 7.58. The minimum atomic E-state index is -3.62. The van der Waals surface area contributed by atoms with Gasteiger partial charge in [-0.2, -0.15) is 4.31 Å². The molecule has 122 valence electrons. The molecule has 6 heteroatoms. The molecule has 1 saturated heterocycles. The SMILES string of the molecule is CC(C)c1ccc(S(=O)(=O)N2CCCC2C(=O)N(C)C)cc1. The first-order chi connectivity index (χ1) is 10.2. The molecule has 1 aliphatic heterocycles. The molecule has 0 spiro atoms. The van der Waals surface area contributed by atoms with E-state index in [1.165, 1.54) is 9.21 Å². The van der Waals surface area contributed by atoms with Gasteiger partial charge in [0, 0.05) is 20.6 Å². The molecular weight excluding hydrogens is 300 g/mol. The van der Waals surface area contributed by atoms with Gasteiger partial charge in [0.25, 0.3) is 0 Å². The van der Waals surface area contributed by atoms with Crippen LogP contribution in [0.3, 0.4) is 0 Å². The van der Waals surface area contributed by atoms with Crippen molar-refractivity contribution >= 4 is 15.9 Å². The number of amides is 1. The lowest BCUT2D eigenvalue weighted by atomic mass is 10.0. The predicted molar refractivity (Wildman–Crippen MR) is 86.1 cm³/mol. The maximum Gasteiger partial charge on any atom is 0.243 e. The second kappa shape index (κ2) is 6.38. The maximum atomic E-state index is 12.8. The summed E-state index contributed by atoms with van der Waals surface area (Å²) in [5, 5.41) is 0. The molecule has 0 bridgehead atoms. The average Bonchev–Trinajstić information content (AvgIpc) is 2.96. The van der Waals surface area contributed by atoms with E-state index in [-0.39, 0.29) is 10.8 Å². The largest absolute Gasteiger partial charge is 0.347 e. The average molecular weight is 324 g/mol. The summed E-state index contributed by atoms with van der Waals surface area (Å²) < 4.78 is 27.0. The third kappa shape index (κ3) is 3.17. The van der Waals surface area contributed by atoms with E-state index < -0.39 is 16.1 Å². The first kappa shape index (κ1) is 17.0. The molecule has 1 aliphatic rings. The Bertz CT molecular complexity index is 636. The number of likely N-dealkylation sites (N-methyl/N-ethyl adjacent to an activating group) is 1. The summed E-state index contributed by atoms with van der Waals surface area (Å²) in [6, 6.07) is 6.39. The highest BCUT2D eigenvalue weighted by atomic mass is 32.2.